The topological polar surface area (TPSA) is 73.7 Å². The van der Waals surface area contributed by atoms with Gasteiger partial charge in [0.25, 0.3) is 0 Å². The molecule has 0 radical (unpaired) electrons. The number of aromatic nitrogens is 1. The second kappa shape index (κ2) is 6.72. The predicted molar refractivity (Wildman–Crippen MR) is 72.4 cm³/mol. The lowest BCUT2D eigenvalue weighted by atomic mass is 10.2. The van der Waals surface area contributed by atoms with Crippen molar-refractivity contribution in [3.8, 4) is 0 Å². The van der Waals surface area contributed by atoms with Gasteiger partial charge in [0.05, 0.1) is 6.54 Å². The van der Waals surface area contributed by atoms with Crippen LogP contribution in [0.3, 0.4) is 0 Å². The Morgan fingerprint density at radius 3 is 2.58 bits per heavy atom. The van der Waals surface area contributed by atoms with Gasteiger partial charge in [0.15, 0.2) is 0 Å². The highest BCUT2D eigenvalue weighted by Gasteiger charge is 2.19. The molecule has 0 aliphatic rings. The number of aromatic carboxylic acids is 1. The van der Waals surface area contributed by atoms with Gasteiger partial charge in [-0.2, -0.15) is 0 Å². The highest BCUT2D eigenvalue weighted by atomic mass is 16.4. The average Bonchev–Trinajstić information content (AvgIpc) is 2.37. The van der Waals surface area contributed by atoms with Crippen molar-refractivity contribution in [2.45, 2.75) is 13.3 Å². The molecule has 0 saturated carbocycles. The Morgan fingerprint density at radius 2 is 2.05 bits per heavy atom. The van der Waals surface area contributed by atoms with E-state index in [-0.39, 0.29) is 18.0 Å². The van der Waals surface area contributed by atoms with Crippen molar-refractivity contribution in [2.24, 2.45) is 0 Å². The van der Waals surface area contributed by atoms with Crippen LogP contribution in [0.15, 0.2) is 18.3 Å². The highest BCUT2D eigenvalue weighted by molar-refractivity contribution is 5.94. The number of amides is 1. The van der Waals surface area contributed by atoms with Gasteiger partial charge in [0, 0.05) is 26.8 Å². The molecular weight excluding hydrogens is 246 g/mol. The summed E-state index contributed by atoms with van der Waals surface area (Å²) in [5.41, 5.74) is 0.113. The first kappa shape index (κ1) is 14.9. The van der Waals surface area contributed by atoms with Crippen LogP contribution >= 0.6 is 0 Å². The molecule has 0 aromatic carbocycles. The molecule has 1 rings (SSSR count). The minimum atomic E-state index is -1.04. The lowest BCUT2D eigenvalue weighted by Gasteiger charge is -2.25. The Hall–Kier alpha value is -2.11. The number of anilines is 1. The molecule has 0 aliphatic carbocycles. The number of nitrogens with zero attached hydrogens (tertiary/aromatic N) is 3. The number of rotatable bonds is 6. The summed E-state index contributed by atoms with van der Waals surface area (Å²) in [6.07, 6.45) is 2.33. The van der Waals surface area contributed by atoms with Crippen molar-refractivity contribution in [3.05, 3.63) is 23.9 Å². The Labute approximate surface area is 112 Å². The van der Waals surface area contributed by atoms with Gasteiger partial charge < -0.3 is 14.9 Å². The Balaban J connectivity index is 3.05. The smallest absolute Gasteiger partial charge is 0.339 e. The van der Waals surface area contributed by atoms with Crippen LogP contribution in [0.2, 0.25) is 0 Å². The molecule has 1 aromatic rings. The quantitative estimate of drug-likeness (QED) is 0.833. The monoisotopic (exact) mass is 265 g/mol. The number of carbonyl (C=O) groups is 2. The van der Waals surface area contributed by atoms with Crippen LogP contribution < -0.4 is 4.90 Å². The standard InChI is InChI=1S/C13H19N3O3/c1-4-8-16(9-11(17)15(2)3)12-10(13(18)19)6-5-7-14-12/h5-7H,4,8-9H2,1-3H3,(H,18,19). The van der Waals surface area contributed by atoms with Crippen LogP contribution in [0.25, 0.3) is 0 Å². The fourth-order valence-corrected chi connectivity index (χ4v) is 1.65. The van der Waals surface area contributed by atoms with Crippen molar-refractivity contribution in [1.29, 1.82) is 0 Å². The number of pyridine rings is 1. The summed E-state index contributed by atoms with van der Waals surface area (Å²) in [5.74, 6) is -0.788. The summed E-state index contributed by atoms with van der Waals surface area (Å²) in [6.45, 7) is 2.67. The molecule has 0 unspecified atom stereocenters. The van der Waals surface area contributed by atoms with E-state index in [1.165, 1.54) is 17.2 Å². The lowest BCUT2D eigenvalue weighted by molar-refractivity contribution is -0.127. The van der Waals surface area contributed by atoms with Crippen molar-refractivity contribution in [1.82, 2.24) is 9.88 Å². The summed E-state index contributed by atoms with van der Waals surface area (Å²) in [4.78, 5) is 30.3. The number of hydrogen-bond donors (Lipinski definition) is 1. The molecule has 0 atom stereocenters. The molecule has 0 aliphatic heterocycles. The molecule has 6 heteroatoms. The van der Waals surface area contributed by atoms with E-state index in [0.717, 1.165) is 6.42 Å². The van der Waals surface area contributed by atoms with Gasteiger partial charge in [-0.05, 0) is 18.6 Å². The van der Waals surface area contributed by atoms with Crippen LogP contribution in [0.4, 0.5) is 5.82 Å². The number of hydrogen-bond acceptors (Lipinski definition) is 4. The highest BCUT2D eigenvalue weighted by Crippen LogP contribution is 2.17. The van der Waals surface area contributed by atoms with Gasteiger partial charge in [0.1, 0.15) is 11.4 Å². The summed E-state index contributed by atoms with van der Waals surface area (Å²) < 4.78 is 0. The van der Waals surface area contributed by atoms with E-state index in [0.29, 0.717) is 12.4 Å². The second-order valence-corrected chi connectivity index (χ2v) is 4.39. The van der Waals surface area contributed by atoms with E-state index in [2.05, 4.69) is 4.98 Å². The summed E-state index contributed by atoms with van der Waals surface area (Å²) in [6, 6.07) is 3.07. The molecule has 104 valence electrons. The number of carboxylic acid groups (broad SMARTS) is 1. The number of carbonyl (C=O) groups excluding carboxylic acids is 1. The summed E-state index contributed by atoms with van der Waals surface area (Å²) in [5, 5.41) is 9.16. The largest absolute Gasteiger partial charge is 0.478 e. The van der Waals surface area contributed by atoms with Gasteiger partial charge in [-0.15, -0.1) is 0 Å². The summed E-state index contributed by atoms with van der Waals surface area (Å²) in [7, 11) is 3.34. The maximum Gasteiger partial charge on any atom is 0.339 e. The average molecular weight is 265 g/mol. The molecule has 1 N–H and O–H groups in total. The van der Waals surface area contributed by atoms with Crippen molar-refractivity contribution in [3.63, 3.8) is 0 Å². The maximum atomic E-state index is 11.8. The van der Waals surface area contributed by atoms with Gasteiger partial charge >= 0.3 is 5.97 Å². The first-order valence-corrected chi connectivity index (χ1v) is 6.10. The van der Waals surface area contributed by atoms with Crippen molar-refractivity contribution >= 4 is 17.7 Å². The molecule has 1 amide bonds. The maximum absolute atomic E-state index is 11.8. The lowest BCUT2D eigenvalue weighted by Crippen LogP contribution is -2.38. The Bertz CT molecular complexity index is 460. The molecule has 6 nitrogen and oxygen atoms in total. The molecule has 1 heterocycles. The third kappa shape index (κ3) is 3.94. The molecule has 19 heavy (non-hydrogen) atoms. The van der Waals surface area contributed by atoms with Gasteiger partial charge in [-0.3, -0.25) is 4.79 Å². The van der Waals surface area contributed by atoms with E-state index >= 15 is 0 Å². The summed E-state index contributed by atoms with van der Waals surface area (Å²) >= 11 is 0. The predicted octanol–water partition coefficient (Wildman–Crippen LogP) is 1.08. The Morgan fingerprint density at radius 1 is 1.37 bits per heavy atom. The third-order valence-electron chi connectivity index (χ3n) is 2.64. The molecule has 0 bridgehead atoms. The van der Waals surface area contributed by atoms with Crippen LogP contribution in [0.1, 0.15) is 23.7 Å². The zero-order chi connectivity index (χ0) is 14.4. The molecule has 0 saturated heterocycles. The molecule has 0 spiro atoms. The normalized spacial score (nSPS) is 10.1. The van der Waals surface area contributed by atoms with E-state index in [1.807, 2.05) is 6.92 Å². The van der Waals surface area contributed by atoms with Gasteiger partial charge in [-0.1, -0.05) is 6.92 Å². The fourth-order valence-electron chi connectivity index (χ4n) is 1.65. The van der Waals surface area contributed by atoms with Gasteiger partial charge in [-0.25, -0.2) is 9.78 Å². The minimum absolute atomic E-state index is 0.0876. The minimum Gasteiger partial charge on any atom is -0.478 e. The van der Waals surface area contributed by atoms with Crippen molar-refractivity contribution < 1.29 is 14.7 Å². The van der Waals surface area contributed by atoms with E-state index in [9.17, 15) is 9.59 Å². The number of likely N-dealkylation sites (N-methyl/N-ethyl adjacent to an activating group) is 1. The van der Waals surface area contributed by atoms with Crippen LogP contribution in [0, 0.1) is 0 Å². The van der Waals surface area contributed by atoms with Crippen molar-refractivity contribution in [2.75, 3.05) is 32.1 Å². The zero-order valence-corrected chi connectivity index (χ0v) is 11.5. The molecular formula is C13H19N3O3. The molecule has 0 fully saturated rings. The molecule has 1 aromatic heterocycles. The second-order valence-electron chi connectivity index (χ2n) is 4.39. The van der Waals surface area contributed by atoms with Crippen LogP contribution in [0.5, 0.6) is 0 Å². The van der Waals surface area contributed by atoms with E-state index < -0.39 is 5.97 Å². The van der Waals surface area contributed by atoms with E-state index in [4.69, 9.17) is 5.11 Å². The van der Waals surface area contributed by atoms with Crippen LogP contribution in [-0.2, 0) is 4.79 Å². The first-order valence-electron chi connectivity index (χ1n) is 6.10. The SMILES string of the molecule is CCCN(CC(=O)N(C)C)c1ncccc1C(=O)O. The fraction of sp³-hybridized carbons (Fsp3) is 0.462. The van der Waals surface area contributed by atoms with Gasteiger partial charge in [0.2, 0.25) is 5.91 Å². The Kier molecular flexibility index (Phi) is 5.29. The van der Waals surface area contributed by atoms with E-state index in [1.54, 1.807) is 25.1 Å². The third-order valence-corrected chi connectivity index (χ3v) is 2.64. The van der Waals surface area contributed by atoms with Crippen LogP contribution in [-0.4, -0.2) is 54.1 Å². The number of carboxylic acids is 1. The first-order chi connectivity index (χ1) is 8.97. The zero-order valence-electron chi connectivity index (χ0n) is 11.5.